The lowest BCUT2D eigenvalue weighted by molar-refractivity contribution is -0.122. The Bertz CT molecular complexity index is 866. The number of carbonyl (C=O) groups is 1. The van der Waals surface area contributed by atoms with Crippen LogP contribution >= 0.6 is 0 Å². The summed E-state index contributed by atoms with van der Waals surface area (Å²) in [5.74, 6) is 1.41. The summed E-state index contributed by atoms with van der Waals surface area (Å²) in [4.78, 5) is 19.8. The van der Waals surface area contributed by atoms with Crippen LogP contribution in [0.4, 0.5) is 0 Å². The molecule has 1 aliphatic heterocycles. The van der Waals surface area contributed by atoms with Crippen LogP contribution < -0.4 is 10.1 Å². The highest BCUT2D eigenvalue weighted by molar-refractivity contribution is 5.86. The number of piperidine rings is 1. The van der Waals surface area contributed by atoms with Gasteiger partial charge in [0, 0.05) is 44.8 Å². The Morgan fingerprint density at radius 3 is 2.59 bits per heavy atom. The number of pyridine rings is 1. The Hall–Kier alpha value is -2.15. The second-order valence-electron chi connectivity index (χ2n) is 8.67. The van der Waals surface area contributed by atoms with Crippen LogP contribution in [0.1, 0.15) is 49.9 Å². The Morgan fingerprint density at radius 1 is 1.28 bits per heavy atom. The molecule has 0 aromatic carbocycles. The number of rotatable bonds is 7. The van der Waals surface area contributed by atoms with Gasteiger partial charge in [0.2, 0.25) is 11.8 Å². The topological polar surface area (TPSA) is 72.3 Å². The average molecular weight is 402 g/mol. The lowest BCUT2D eigenvalue weighted by Gasteiger charge is -2.33. The van der Waals surface area contributed by atoms with Crippen LogP contribution in [0, 0.1) is 19.8 Å². The van der Waals surface area contributed by atoms with Crippen LogP contribution in [0.15, 0.2) is 0 Å². The zero-order valence-electron chi connectivity index (χ0n) is 18.7. The molecule has 0 unspecified atom stereocenters. The van der Waals surface area contributed by atoms with Gasteiger partial charge in [-0.2, -0.15) is 0 Å². The third-order valence-corrected chi connectivity index (χ3v) is 5.89. The monoisotopic (exact) mass is 401 g/mol. The Labute approximate surface area is 173 Å². The molecular weight excluding hydrogens is 366 g/mol. The molecule has 0 saturated carbocycles. The molecule has 7 nitrogen and oxygen atoms in total. The van der Waals surface area contributed by atoms with Gasteiger partial charge in [0.15, 0.2) is 5.65 Å². The van der Waals surface area contributed by atoms with Crippen molar-refractivity contribution < 1.29 is 9.53 Å². The largest absolute Gasteiger partial charge is 0.479 e. The molecule has 1 fully saturated rings. The van der Waals surface area contributed by atoms with Gasteiger partial charge in [-0.1, -0.05) is 13.8 Å². The van der Waals surface area contributed by atoms with E-state index in [1.807, 2.05) is 14.0 Å². The molecule has 160 valence electrons. The Morgan fingerprint density at radius 2 is 1.97 bits per heavy atom. The van der Waals surface area contributed by atoms with Crippen molar-refractivity contribution in [2.24, 2.45) is 13.0 Å². The minimum Gasteiger partial charge on any atom is -0.479 e. The first-order valence-electron chi connectivity index (χ1n) is 10.7. The molecule has 1 aliphatic rings. The maximum absolute atomic E-state index is 12.6. The molecule has 2 aromatic heterocycles. The van der Waals surface area contributed by atoms with Crippen LogP contribution in [0.2, 0.25) is 0 Å². The third kappa shape index (κ3) is 4.89. The minimum absolute atomic E-state index is 0.129. The molecule has 0 spiro atoms. The van der Waals surface area contributed by atoms with E-state index >= 15 is 0 Å². The van der Waals surface area contributed by atoms with Gasteiger partial charge < -0.3 is 15.0 Å². The van der Waals surface area contributed by atoms with Crippen molar-refractivity contribution in [1.82, 2.24) is 25.0 Å². The van der Waals surface area contributed by atoms with Gasteiger partial charge in [-0.05, 0) is 50.2 Å². The lowest BCUT2D eigenvalue weighted by atomic mass is 9.99. The van der Waals surface area contributed by atoms with Crippen molar-refractivity contribution in [2.45, 2.75) is 59.4 Å². The molecule has 1 amide bonds. The predicted molar refractivity (Wildman–Crippen MR) is 115 cm³/mol. The third-order valence-electron chi connectivity index (χ3n) is 5.89. The molecule has 0 bridgehead atoms. The molecule has 0 aliphatic carbocycles. The lowest BCUT2D eigenvalue weighted by Crippen LogP contribution is -2.45. The number of aryl methyl sites for hydroxylation is 3. The zero-order chi connectivity index (χ0) is 21.1. The number of fused-ring (bicyclic) bond motifs is 1. The summed E-state index contributed by atoms with van der Waals surface area (Å²) in [7, 11) is 3.50. The molecule has 29 heavy (non-hydrogen) atoms. The van der Waals surface area contributed by atoms with Crippen molar-refractivity contribution in [2.75, 3.05) is 26.7 Å². The number of nitrogens with one attached hydrogen (secondary N) is 1. The van der Waals surface area contributed by atoms with Gasteiger partial charge in [0.05, 0.1) is 12.5 Å². The van der Waals surface area contributed by atoms with Gasteiger partial charge >= 0.3 is 0 Å². The number of hydrogen-bond donors (Lipinski definition) is 1. The van der Waals surface area contributed by atoms with Crippen LogP contribution in [0.5, 0.6) is 5.88 Å². The normalized spacial score (nSPS) is 16.0. The summed E-state index contributed by atoms with van der Waals surface area (Å²) in [6, 6.07) is 0.298. The number of amides is 1. The summed E-state index contributed by atoms with van der Waals surface area (Å²) in [6.45, 7) is 11.9. The number of nitrogens with zero attached hydrogens (tertiary/aromatic N) is 4. The summed E-state index contributed by atoms with van der Waals surface area (Å²) in [6.07, 6.45) is 3.23. The molecule has 1 saturated heterocycles. The average Bonchev–Trinajstić information content (AvgIpc) is 2.98. The second-order valence-corrected chi connectivity index (χ2v) is 8.67. The molecule has 1 N–H and O–H groups in total. The predicted octanol–water partition coefficient (Wildman–Crippen LogP) is 2.76. The Kier molecular flexibility index (Phi) is 6.77. The van der Waals surface area contributed by atoms with E-state index in [1.54, 1.807) is 11.8 Å². The summed E-state index contributed by atoms with van der Waals surface area (Å²) in [5.41, 5.74) is 3.99. The van der Waals surface area contributed by atoms with E-state index in [9.17, 15) is 4.79 Å². The number of ether oxygens (including phenoxy) is 1. The number of likely N-dealkylation sites (tertiary alicyclic amines) is 1. The van der Waals surface area contributed by atoms with Crippen LogP contribution in [-0.4, -0.2) is 58.4 Å². The second kappa shape index (κ2) is 9.11. The van der Waals surface area contributed by atoms with Gasteiger partial charge in [0.25, 0.3) is 0 Å². The van der Waals surface area contributed by atoms with Crippen molar-refractivity contribution in [3.8, 4) is 5.88 Å². The maximum atomic E-state index is 12.6. The van der Waals surface area contributed by atoms with Crippen LogP contribution in [0.3, 0.4) is 0 Å². The van der Waals surface area contributed by atoms with E-state index in [2.05, 4.69) is 36.1 Å². The first kappa shape index (κ1) is 21.6. The molecule has 7 heteroatoms. The maximum Gasteiger partial charge on any atom is 0.242 e. The molecule has 3 rings (SSSR count). The highest BCUT2D eigenvalue weighted by Gasteiger charge is 2.22. The van der Waals surface area contributed by atoms with Crippen molar-refractivity contribution in [3.63, 3.8) is 0 Å². The first-order chi connectivity index (χ1) is 13.8. The van der Waals surface area contributed by atoms with Crippen LogP contribution in [-0.2, 0) is 18.3 Å². The highest BCUT2D eigenvalue weighted by atomic mass is 16.5. The van der Waals surface area contributed by atoms with E-state index in [1.165, 1.54) is 0 Å². The molecule has 0 radical (unpaired) electrons. The fraction of sp³-hybridized carbons (Fsp3) is 0.682. The summed E-state index contributed by atoms with van der Waals surface area (Å²) < 4.78 is 7.17. The van der Waals surface area contributed by atoms with Gasteiger partial charge in [0.1, 0.15) is 0 Å². The Balaban J connectivity index is 1.60. The van der Waals surface area contributed by atoms with Crippen molar-refractivity contribution in [3.05, 3.63) is 16.8 Å². The van der Waals surface area contributed by atoms with E-state index in [0.717, 1.165) is 60.3 Å². The highest BCUT2D eigenvalue weighted by Crippen LogP contribution is 2.30. The van der Waals surface area contributed by atoms with Gasteiger partial charge in [-0.3, -0.25) is 4.79 Å². The molecular formula is C22H35N5O2. The number of carbonyl (C=O) groups excluding carboxylic acids is 1. The quantitative estimate of drug-likeness (QED) is 0.772. The van der Waals surface area contributed by atoms with Crippen molar-refractivity contribution >= 4 is 16.9 Å². The smallest absolute Gasteiger partial charge is 0.242 e. The fourth-order valence-corrected chi connectivity index (χ4v) is 4.42. The molecule has 3 heterocycles. The van der Waals surface area contributed by atoms with Gasteiger partial charge in [-0.15, -0.1) is 5.10 Å². The minimum atomic E-state index is 0.129. The molecule has 0 atom stereocenters. The number of methoxy groups -OCH3 is 1. The van der Waals surface area contributed by atoms with Crippen molar-refractivity contribution in [1.29, 1.82) is 0 Å². The van der Waals surface area contributed by atoms with E-state index < -0.39 is 0 Å². The van der Waals surface area contributed by atoms with E-state index in [4.69, 9.17) is 9.72 Å². The SMILES string of the molecule is COc1nn(C)c2nc(C)c(CCC(=O)NC3CCN(CC(C)C)CC3)c(C)c12. The fourth-order valence-electron chi connectivity index (χ4n) is 4.42. The van der Waals surface area contributed by atoms with Crippen LogP contribution in [0.25, 0.3) is 11.0 Å². The summed E-state index contributed by atoms with van der Waals surface area (Å²) in [5, 5.41) is 8.57. The van der Waals surface area contributed by atoms with E-state index in [0.29, 0.717) is 30.7 Å². The van der Waals surface area contributed by atoms with E-state index in [-0.39, 0.29) is 5.91 Å². The molecule has 2 aromatic rings. The van der Waals surface area contributed by atoms with Gasteiger partial charge in [-0.25, -0.2) is 9.67 Å². The summed E-state index contributed by atoms with van der Waals surface area (Å²) >= 11 is 0. The zero-order valence-corrected chi connectivity index (χ0v) is 18.7. The number of aromatic nitrogens is 3. The standard InChI is InChI=1S/C22H35N5O2/c1-14(2)13-27-11-9-17(10-12-27)24-19(28)8-7-18-15(3)20-21(23-16(18)4)26(5)25-22(20)29-6/h14,17H,7-13H2,1-6H3,(H,24,28). The first-order valence-corrected chi connectivity index (χ1v) is 10.7. The number of hydrogen-bond acceptors (Lipinski definition) is 5.